The van der Waals surface area contributed by atoms with Crippen molar-refractivity contribution < 1.29 is 29.2 Å². The van der Waals surface area contributed by atoms with Crippen LogP contribution in [0.25, 0.3) is 11.1 Å². The van der Waals surface area contributed by atoms with Gasteiger partial charge in [-0.1, -0.05) is 48.5 Å². The molecule has 0 fully saturated rings. The number of hydrogen-bond donors (Lipinski definition) is 5. The fourth-order valence-electron chi connectivity index (χ4n) is 4.29. The molecular weight excluding hydrogens is 475 g/mol. The van der Waals surface area contributed by atoms with Crippen LogP contribution < -0.4 is 11.1 Å². The lowest BCUT2D eigenvalue weighted by atomic mass is 9.93. The first-order valence-electron chi connectivity index (χ1n) is 12.2. The first-order valence-corrected chi connectivity index (χ1v) is 12.2. The minimum absolute atomic E-state index is 0.0466. The molecule has 3 rings (SSSR count). The Kier molecular flexibility index (Phi) is 9.39. The smallest absolute Gasteiger partial charge is 0.339 e. The maximum Gasteiger partial charge on any atom is 0.339 e. The van der Waals surface area contributed by atoms with Gasteiger partial charge in [-0.15, -0.1) is 0 Å². The number of aliphatic hydroxyl groups is 1. The van der Waals surface area contributed by atoms with Gasteiger partial charge in [0.15, 0.2) is 0 Å². The van der Waals surface area contributed by atoms with Gasteiger partial charge in [-0.05, 0) is 56.0 Å². The Morgan fingerprint density at radius 2 is 1.84 bits per heavy atom. The fraction of sp³-hybridized carbons (Fsp3) is 0.345. The largest absolute Gasteiger partial charge is 0.507 e. The van der Waals surface area contributed by atoms with Crippen molar-refractivity contribution in [3.8, 4) is 16.9 Å². The van der Waals surface area contributed by atoms with Crippen LogP contribution in [0.3, 0.4) is 0 Å². The third-order valence-electron chi connectivity index (χ3n) is 6.28. The summed E-state index contributed by atoms with van der Waals surface area (Å²) in [6.45, 7) is 5.93. The second-order valence-electron chi connectivity index (χ2n) is 9.79. The molecule has 0 heterocycles. The Balaban J connectivity index is 1.65. The van der Waals surface area contributed by atoms with E-state index in [1.165, 1.54) is 12.1 Å². The van der Waals surface area contributed by atoms with Crippen molar-refractivity contribution in [1.82, 2.24) is 5.32 Å². The normalized spacial score (nSPS) is 13.4. The second kappa shape index (κ2) is 12.3. The van der Waals surface area contributed by atoms with Crippen LogP contribution >= 0.6 is 0 Å². The van der Waals surface area contributed by atoms with Gasteiger partial charge in [-0.2, -0.15) is 0 Å². The van der Waals surface area contributed by atoms with Gasteiger partial charge < -0.3 is 31.1 Å². The van der Waals surface area contributed by atoms with Gasteiger partial charge in [-0.25, -0.2) is 9.18 Å². The van der Waals surface area contributed by atoms with E-state index in [1.807, 2.05) is 50.2 Å². The second-order valence-corrected chi connectivity index (χ2v) is 9.79. The zero-order valence-electron chi connectivity index (χ0n) is 21.4. The molecule has 0 aromatic heterocycles. The highest BCUT2D eigenvalue weighted by atomic mass is 19.1. The lowest BCUT2D eigenvalue weighted by Crippen LogP contribution is -2.46. The number of carbonyl (C=O) groups is 1. The van der Waals surface area contributed by atoms with E-state index in [-0.39, 0.29) is 36.8 Å². The summed E-state index contributed by atoms with van der Waals surface area (Å²) in [4.78, 5) is 11.6. The summed E-state index contributed by atoms with van der Waals surface area (Å²) in [6.07, 6.45) is -1.03. The number of rotatable bonds is 12. The molecule has 37 heavy (non-hydrogen) atoms. The zero-order chi connectivity index (χ0) is 27.2. The summed E-state index contributed by atoms with van der Waals surface area (Å²) in [5, 5.41) is 34.1. The first kappa shape index (κ1) is 28.3. The number of phenols is 1. The molecule has 8 heteroatoms. The number of aromatic hydroxyl groups is 1. The van der Waals surface area contributed by atoms with Gasteiger partial charge in [0, 0.05) is 29.8 Å². The molecule has 7 nitrogen and oxygen atoms in total. The van der Waals surface area contributed by atoms with Crippen LogP contribution in [0.1, 0.15) is 53.9 Å². The minimum atomic E-state index is -1.24. The number of carboxylic acids is 1. The Bertz CT molecular complexity index is 1220. The Labute approximate surface area is 216 Å². The van der Waals surface area contributed by atoms with Gasteiger partial charge in [0.25, 0.3) is 0 Å². The van der Waals surface area contributed by atoms with Crippen molar-refractivity contribution in [2.45, 2.75) is 51.5 Å². The average molecular weight is 511 g/mol. The molecule has 0 radical (unpaired) electrons. The van der Waals surface area contributed by atoms with E-state index in [1.54, 1.807) is 19.1 Å². The van der Waals surface area contributed by atoms with E-state index in [9.17, 15) is 24.5 Å². The highest BCUT2D eigenvalue weighted by Crippen LogP contribution is 2.38. The molecular formula is C29H35FN2O5. The van der Waals surface area contributed by atoms with Crippen molar-refractivity contribution in [2.24, 2.45) is 5.73 Å². The van der Waals surface area contributed by atoms with Gasteiger partial charge in [0.2, 0.25) is 0 Å². The molecule has 3 aromatic rings. The SMILES string of the molecule is CC(OC[C@H](O)CNC(C)(C)Cc1ccc(CN)c(F)c1)c1c(-c2ccccc2)ccc(C(=O)O)c1O. The van der Waals surface area contributed by atoms with Crippen LogP contribution in [-0.2, 0) is 17.7 Å². The van der Waals surface area contributed by atoms with Crippen molar-refractivity contribution in [3.05, 3.63) is 88.7 Å². The molecule has 2 atom stereocenters. The predicted octanol–water partition coefficient (Wildman–Crippen LogP) is 4.40. The molecule has 0 aliphatic carbocycles. The maximum atomic E-state index is 14.1. The number of aliphatic hydroxyl groups excluding tert-OH is 1. The quantitative estimate of drug-likeness (QED) is 0.244. The number of nitrogens with one attached hydrogen (secondary N) is 1. The third-order valence-corrected chi connectivity index (χ3v) is 6.28. The number of halogens is 1. The van der Waals surface area contributed by atoms with Crippen molar-refractivity contribution in [3.63, 3.8) is 0 Å². The van der Waals surface area contributed by atoms with Crippen LogP contribution in [0.4, 0.5) is 4.39 Å². The van der Waals surface area contributed by atoms with E-state index in [0.717, 1.165) is 11.1 Å². The van der Waals surface area contributed by atoms with Gasteiger partial charge in [0.05, 0.1) is 18.8 Å². The van der Waals surface area contributed by atoms with Crippen molar-refractivity contribution >= 4 is 5.97 Å². The maximum absolute atomic E-state index is 14.1. The highest BCUT2D eigenvalue weighted by molar-refractivity contribution is 5.93. The van der Waals surface area contributed by atoms with E-state index in [0.29, 0.717) is 23.1 Å². The topological polar surface area (TPSA) is 125 Å². The molecule has 0 bridgehead atoms. The summed E-state index contributed by atoms with van der Waals surface area (Å²) in [5.41, 5.74) is 7.96. The van der Waals surface area contributed by atoms with Crippen LogP contribution in [0, 0.1) is 5.82 Å². The standard InChI is InChI=1S/C29H35FN2O5/c1-18(26-23(20-7-5-4-6-8-20)11-12-24(27(26)34)28(35)36)37-17-22(33)16-32-29(2,3)14-19-9-10-21(15-31)25(30)13-19/h4-13,18,22,32-34H,14-17,31H2,1-3H3,(H,35,36)/t18?,22-/m1/s1. The first-order chi connectivity index (χ1) is 17.5. The highest BCUT2D eigenvalue weighted by Gasteiger charge is 2.24. The van der Waals surface area contributed by atoms with E-state index < -0.39 is 23.7 Å². The third kappa shape index (κ3) is 7.36. The molecule has 3 aromatic carbocycles. The lowest BCUT2D eigenvalue weighted by Gasteiger charge is -2.28. The zero-order valence-corrected chi connectivity index (χ0v) is 21.4. The van der Waals surface area contributed by atoms with Gasteiger partial charge in [0.1, 0.15) is 17.1 Å². The molecule has 0 spiro atoms. The summed E-state index contributed by atoms with van der Waals surface area (Å²) >= 11 is 0. The summed E-state index contributed by atoms with van der Waals surface area (Å²) < 4.78 is 20.0. The van der Waals surface area contributed by atoms with Gasteiger partial charge in [-0.3, -0.25) is 0 Å². The Morgan fingerprint density at radius 3 is 2.46 bits per heavy atom. The number of aromatic carboxylic acids is 1. The number of hydrogen-bond acceptors (Lipinski definition) is 6. The molecule has 0 saturated heterocycles. The molecule has 0 aliphatic heterocycles. The summed E-state index contributed by atoms with van der Waals surface area (Å²) in [5.74, 6) is -1.93. The summed E-state index contributed by atoms with van der Waals surface area (Å²) in [7, 11) is 0. The molecule has 0 aliphatic rings. The van der Waals surface area contributed by atoms with E-state index in [4.69, 9.17) is 10.5 Å². The fourth-order valence-corrected chi connectivity index (χ4v) is 4.29. The number of ether oxygens (including phenoxy) is 1. The van der Waals surface area contributed by atoms with E-state index in [2.05, 4.69) is 5.32 Å². The van der Waals surface area contributed by atoms with Crippen LogP contribution in [0.15, 0.2) is 60.7 Å². The van der Waals surface area contributed by atoms with Crippen molar-refractivity contribution in [1.29, 1.82) is 0 Å². The van der Waals surface area contributed by atoms with Gasteiger partial charge >= 0.3 is 5.97 Å². The molecule has 198 valence electrons. The Hall–Kier alpha value is -3.30. The Morgan fingerprint density at radius 1 is 1.14 bits per heavy atom. The monoisotopic (exact) mass is 510 g/mol. The molecule has 0 amide bonds. The number of β-amino-alcohol motifs (C(OH)–C–C–N with tert-alkyl or cyclic N) is 1. The predicted molar refractivity (Wildman–Crippen MR) is 141 cm³/mol. The van der Waals surface area contributed by atoms with Crippen LogP contribution in [-0.4, -0.2) is 46.1 Å². The number of nitrogens with two attached hydrogens (primary N) is 1. The number of benzene rings is 3. The molecule has 0 saturated carbocycles. The molecule has 1 unspecified atom stereocenters. The van der Waals surface area contributed by atoms with Crippen LogP contribution in [0.5, 0.6) is 5.75 Å². The average Bonchev–Trinajstić information content (AvgIpc) is 2.86. The number of carboxylic acid groups (broad SMARTS) is 1. The van der Waals surface area contributed by atoms with Crippen molar-refractivity contribution in [2.75, 3.05) is 13.2 Å². The van der Waals surface area contributed by atoms with Crippen LogP contribution in [0.2, 0.25) is 0 Å². The minimum Gasteiger partial charge on any atom is -0.507 e. The van der Waals surface area contributed by atoms with E-state index >= 15 is 0 Å². The molecule has 6 N–H and O–H groups in total. The summed E-state index contributed by atoms with van der Waals surface area (Å²) in [6, 6.07) is 17.3. The lowest BCUT2D eigenvalue weighted by molar-refractivity contribution is -0.00478.